The monoisotopic (exact) mass is 317 g/mol. The van der Waals surface area contributed by atoms with Gasteiger partial charge in [-0.3, -0.25) is 9.88 Å². The van der Waals surface area contributed by atoms with E-state index in [-0.39, 0.29) is 12.6 Å². The predicted molar refractivity (Wildman–Crippen MR) is 91.5 cm³/mol. The standard InChI is InChI=1S/C18H27N3O2/c1-19-11-5-2-4-10-18(23,17-7-3-6-12-20-17)16-8-13-21(15-22)14-9-16/h2-7,11-12,16,19,22-23H,8-10,13-15H2,1H3/b4-2-,11-5-. The maximum atomic E-state index is 11.4. The Balaban J connectivity index is 2.15. The highest BCUT2D eigenvalue weighted by molar-refractivity contribution is 5.18. The van der Waals surface area contributed by atoms with Crippen molar-refractivity contribution >= 4 is 0 Å². The highest BCUT2D eigenvalue weighted by atomic mass is 16.3. The molecule has 2 rings (SSSR count). The summed E-state index contributed by atoms with van der Waals surface area (Å²) in [4.78, 5) is 6.40. The van der Waals surface area contributed by atoms with Gasteiger partial charge >= 0.3 is 0 Å². The van der Waals surface area contributed by atoms with Gasteiger partial charge in [0.25, 0.3) is 0 Å². The Hall–Kier alpha value is -1.69. The molecular weight excluding hydrogens is 290 g/mol. The van der Waals surface area contributed by atoms with E-state index in [1.54, 1.807) is 6.20 Å². The zero-order chi connectivity index (χ0) is 16.5. The minimum Gasteiger partial charge on any atom is -0.394 e. The van der Waals surface area contributed by atoms with Gasteiger partial charge in [0, 0.05) is 32.8 Å². The molecule has 1 unspecified atom stereocenters. The molecule has 3 N–H and O–H groups in total. The van der Waals surface area contributed by atoms with Crippen LogP contribution in [0.5, 0.6) is 0 Å². The van der Waals surface area contributed by atoms with Crippen LogP contribution >= 0.6 is 0 Å². The molecule has 0 amide bonds. The zero-order valence-electron chi connectivity index (χ0n) is 13.7. The Morgan fingerprint density at radius 3 is 2.74 bits per heavy atom. The number of piperidine rings is 1. The van der Waals surface area contributed by atoms with Gasteiger partial charge in [-0.2, -0.15) is 0 Å². The Kier molecular flexibility index (Phi) is 6.77. The predicted octanol–water partition coefficient (Wildman–Crippen LogP) is 1.61. The van der Waals surface area contributed by atoms with Gasteiger partial charge in [-0.25, -0.2) is 0 Å². The minimum absolute atomic E-state index is 0.0868. The number of hydrogen-bond acceptors (Lipinski definition) is 5. The van der Waals surface area contributed by atoms with E-state index in [1.165, 1.54) is 0 Å². The maximum absolute atomic E-state index is 11.4. The molecule has 0 spiro atoms. The third kappa shape index (κ3) is 4.64. The second kappa shape index (κ2) is 8.82. The molecule has 2 heterocycles. The first kappa shape index (κ1) is 17.7. The molecule has 5 nitrogen and oxygen atoms in total. The Labute approximate surface area is 138 Å². The molecule has 1 aliphatic rings. The molecule has 1 aromatic heterocycles. The average Bonchev–Trinajstić information content (AvgIpc) is 2.62. The molecule has 1 aliphatic heterocycles. The highest BCUT2D eigenvalue weighted by Gasteiger charge is 2.40. The molecular formula is C18H27N3O2. The van der Waals surface area contributed by atoms with Crippen molar-refractivity contribution in [3.63, 3.8) is 0 Å². The molecule has 0 bridgehead atoms. The van der Waals surface area contributed by atoms with Crippen LogP contribution in [0.25, 0.3) is 0 Å². The summed E-state index contributed by atoms with van der Waals surface area (Å²) in [5.41, 5.74) is -0.239. The molecule has 5 heteroatoms. The number of aliphatic hydroxyl groups excluding tert-OH is 1. The summed E-state index contributed by atoms with van der Waals surface area (Å²) in [7, 11) is 1.85. The van der Waals surface area contributed by atoms with Gasteiger partial charge in [-0.05, 0) is 43.2 Å². The fourth-order valence-electron chi connectivity index (χ4n) is 3.13. The van der Waals surface area contributed by atoms with Crippen LogP contribution < -0.4 is 5.32 Å². The Morgan fingerprint density at radius 2 is 2.13 bits per heavy atom. The van der Waals surface area contributed by atoms with Crippen LogP contribution in [-0.4, -0.2) is 47.0 Å². The van der Waals surface area contributed by atoms with Crippen molar-refractivity contribution < 1.29 is 10.2 Å². The van der Waals surface area contributed by atoms with Crippen LogP contribution in [0.3, 0.4) is 0 Å². The number of likely N-dealkylation sites (tertiary alicyclic amines) is 1. The lowest BCUT2D eigenvalue weighted by Gasteiger charge is -2.40. The van der Waals surface area contributed by atoms with Crippen LogP contribution in [0.15, 0.2) is 48.8 Å². The first-order valence-electron chi connectivity index (χ1n) is 8.16. The van der Waals surface area contributed by atoms with E-state index in [0.717, 1.165) is 31.6 Å². The van der Waals surface area contributed by atoms with Gasteiger partial charge in [0.05, 0.1) is 12.4 Å². The Morgan fingerprint density at radius 1 is 1.35 bits per heavy atom. The molecule has 1 atom stereocenters. The van der Waals surface area contributed by atoms with E-state index in [2.05, 4.69) is 10.3 Å². The summed E-state index contributed by atoms with van der Waals surface area (Å²) in [5, 5.41) is 23.6. The van der Waals surface area contributed by atoms with E-state index in [9.17, 15) is 10.2 Å². The largest absolute Gasteiger partial charge is 0.394 e. The van der Waals surface area contributed by atoms with Crippen LogP contribution in [0, 0.1) is 5.92 Å². The molecule has 0 aromatic carbocycles. The van der Waals surface area contributed by atoms with E-state index in [4.69, 9.17) is 0 Å². The van der Waals surface area contributed by atoms with Crippen molar-refractivity contribution in [3.8, 4) is 0 Å². The summed E-state index contributed by atoms with van der Waals surface area (Å²) in [6.45, 7) is 1.70. The van der Waals surface area contributed by atoms with Crippen LogP contribution in [0.1, 0.15) is 25.0 Å². The molecule has 1 aromatic rings. The average molecular weight is 317 g/mol. The van der Waals surface area contributed by atoms with Gasteiger partial charge in [0.1, 0.15) is 5.60 Å². The molecule has 1 fully saturated rings. The summed E-state index contributed by atoms with van der Waals surface area (Å²) in [5.74, 6) is 0.137. The van der Waals surface area contributed by atoms with E-state index < -0.39 is 5.60 Å². The summed E-state index contributed by atoms with van der Waals surface area (Å²) in [6, 6.07) is 5.68. The van der Waals surface area contributed by atoms with E-state index in [0.29, 0.717) is 6.42 Å². The van der Waals surface area contributed by atoms with Gasteiger partial charge in [-0.1, -0.05) is 18.2 Å². The second-order valence-electron chi connectivity index (χ2n) is 5.95. The van der Waals surface area contributed by atoms with E-state index in [1.807, 2.05) is 54.6 Å². The maximum Gasteiger partial charge on any atom is 0.113 e. The zero-order valence-corrected chi connectivity index (χ0v) is 13.7. The lowest BCUT2D eigenvalue weighted by Crippen LogP contribution is -2.44. The lowest BCUT2D eigenvalue weighted by molar-refractivity contribution is -0.0577. The number of pyridine rings is 1. The third-order valence-corrected chi connectivity index (χ3v) is 4.51. The summed E-state index contributed by atoms with van der Waals surface area (Å²) in [6.07, 6.45) is 11.6. The van der Waals surface area contributed by atoms with Crippen molar-refractivity contribution in [1.82, 2.24) is 15.2 Å². The SMILES string of the molecule is CN/C=C\C=C/CC(O)(c1ccccn1)C1CCN(CO)CC1. The number of aliphatic hydroxyl groups is 2. The van der Waals surface area contributed by atoms with Crippen molar-refractivity contribution in [2.45, 2.75) is 24.9 Å². The fraction of sp³-hybridized carbons (Fsp3) is 0.500. The normalized spacial score (nSPS) is 20.1. The van der Waals surface area contributed by atoms with Gasteiger partial charge in [0.15, 0.2) is 0 Å². The second-order valence-corrected chi connectivity index (χ2v) is 5.95. The lowest BCUT2D eigenvalue weighted by atomic mass is 9.76. The summed E-state index contributed by atoms with van der Waals surface area (Å²) >= 11 is 0. The van der Waals surface area contributed by atoms with Crippen molar-refractivity contribution in [2.24, 2.45) is 5.92 Å². The van der Waals surface area contributed by atoms with Crippen LogP contribution in [0.2, 0.25) is 0 Å². The summed E-state index contributed by atoms with van der Waals surface area (Å²) < 4.78 is 0. The fourth-order valence-corrected chi connectivity index (χ4v) is 3.13. The first-order valence-corrected chi connectivity index (χ1v) is 8.16. The molecule has 0 saturated carbocycles. The molecule has 0 aliphatic carbocycles. The van der Waals surface area contributed by atoms with Crippen molar-refractivity contribution in [2.75, 3.05) is 26.9 Å². The number of allylic oxidation sites excluding steroid dienone is 2. The minimum atomic E-state index is -0.965. The molecule has 0 radical (unpaired) electrons. The molecule has 1 saturated heterocycles. The highest BCUT2D eigenvalue weighted by Crippen LogP contribution is 2.38. The van der Waals surface area contributed by atoms with Gasteiger partial charge in [0.2, 0.25) is 0 Å². The van der Waals surface area contributed by atoms with Gasteiger partial charge in [-0.15, -0.1) is 0 Å². The van der Waals surface area contributed by atoms with Crippen molar-refractivity contribution in [1.29, 1.82) is 0 Å². The Bertz CT molecular complexity index is 510. The number of nitrogens with zero attached hydrogens (tertiary/aromatic N) is 2. The first-order chi connectivity index (χ1) is 11.2. The number of nitrogens with one attached hydrogen (secondary N) is 1. The third-order valence-electron chi connectivity index (χ3n) is 4.51. The number of aromatic nitrogens is 1. The van der Waals surface area contributed by atoms with Crippen LogP contribution in [-0.2, 0) is 5.60 Å². The molecule has 23 heavy (non-hydrogen) atoms. The molecule has 126 valence electrons. The van der Waals surface area contributed by atoms with Gasteiger partial charge < -0.3 is 15.5 Å². The van der Waals surface area contributed by atoms with Crippen LogP contribution in [0.4, 0.5) is 0 Å². The smallest absolute Gasteiger partial charge is 0.113 e. The van der Waals surface area contributed by atoms with E-state index >= 15 is 0 Å². The number of rotatable bonds is 7. The van der Waals surface area contributed by atoms with Crippen molar-refractivity contribution in [3.05, 3.63) is 54.5 Å². The topological polar surface area (TPSA) is 68.6 Å². The quantitative estimate of drug-likeness (QED) is 0.667. The number of hydrogen-bond donors (Lipinski definition) is 3.